The van der Waals surface area contributed by atoms with Crippen molar-refractivity contribution >= 4 is 22.6 Å². The van der Waals surface area contributed by atoms with Gasteiger partial charge < -0.3 is 10.1 Å². The minimum atomic E-state index is -0.202. The Labute approximate surface area is 144 Å². The van der Waals surface area contributed by atoms with Crippen molar-refractivity contribution in [3.63, 3.8) is 0 Å². The molecule has 22 heavy (non-hydrogen) atoms. The number of benzene rings is 2. The molecule has 2 aromatic carbocycles. The van der Waals surface area contributed by atoms with Gasteiger partial charge in [0.25, 0.3) is 0 Å². The molecular formula is C18H19FINO. The van der Waals surface area contributed by atoms with Crippen molar-refractivity contribution in [2.45, 2.75) is 31.6 Å². The van der Waals surface area contributed by atoms with E-state index in [0.29, 0.717) is 6.61 Å². The molecule has 2 aromatic rings. The first-order valence-corrected chi connectivity index (χ1v) is 8.65. The standard InChI is InChI=1S/C18H19FINO/c19-15-9-13(10-16(20)11-15)12-22-17-7-4-8-21-18(17)14-5-2-1-3-6-14/h1-3,5-6,9-11,17-18,21H,4,7-8,12H2. The van der Waals surface area contributed by atoms with Gasteiger partial charge in [-0.3, -0.25) is 0 Å². The Morgan fingerprint density at radius 2 is 2.00 bits per heavy atom. The monoisotopic (exact) mass is 411 g/mol. The van der Waals surface area contributed by atoms with E-state index < -0.39 is 0 Å². The molecule has 0 radical (unpaired) electrons. The molecule has 0 saturated carbocycles. The van der Waals surface area contributed by atoms with E-state index in [1.54, 1.807) is 6.07 Å². The van der Waals surface area contributed by atoms with Gasteiger partial charge in [-0.1, -0.05) is 30.3 Å². The summed E-state index contributed by atoms with van der Waals surface area (Å²) in [6.07, 6.45) is 2.25. The van der Waals surface area contributed by atoms with E-state index in [-0.39, 0.29) is 18.0 Å². The Hall–Kier alpha value is -0.980. The Balaban J connectivity index is 1.69. The van der Waals surface area contributed by atoms with E-state index in [1.165, 1.54) is 11.6 Å². The van der Waals surface area contributed by atoms with Crippen LogP contribution in [-0.4, -0.2) is 12.6 Å². The molecule has 0 amide bonds. The minimum Gasteiger partial charge on any atom is -0.372 e. The zero-order valence-electron chi connectivity index (χ0n) is 12.3. The largest absolute Gasteiger partial charge is 0.372 e. The highest BCUT2D eigenvalue weighted by atomic mass is 127. The smallest absolute Gasteiger partial charge is 0.124 e. The maximum absolute atomic E-state index is 13.5. The minimum absolute atomic E-state index is 0.122. The summed E-state index contributed by atoms with van der Waals surface area (Å²) in [5.74, 6) is -0.202. The molecule has 0 spiro atoms. The highest BCUT2D eigenvalue weighted by molar-refractivity contribution is 14.1. The normalized spacial score (nSPS) is 21.7. The van der Waals surface area contributed by atoms with Crippen LogP contribution in [-0.2, 0) is 11.3 Å². The van der Waals surface area contributed by atoms with E-state index in [1.807, 2.05) is 12.1 Å². The Bertz CT molecular complexity index is 599. The predicted octanol–water partition coefficient (Wildman–Crippen LogP) is 4.44. The molecule has 2 nitrogen and oxygen atoms in total. The van der Waals surface area contributed by atoms with Gasteiger partial charge in [-0.2, -0.15) is 0 Å². The van der Waals surface area contributed by atoms with Gasteiger partial charge in [-0.15, -0.1) is 0 Å². The average Bonchev–Trinajstić information content (AvgIpc) is 2.53. The van der Waals surface area contributed by atoms with Gasteiger partial charge in [0, 0.05) is 3.57 Å². The number of rotatable bonds is 4. The molecule has 116 valence electrons. The second kappa shape index (κ2) is 7.53. The number of piperidine rings is 1. The van der Waals surface area contributed by atoms with Gasteiger partial charge in [0.15, 0.2) is 0 Å². The zero-order chi connectivity index (χ0) is 15.4. The van der Waals surface area contributed by atoms with Gasteiger partial charge in [-0.05, 0) is 71.3 Å². The number of halogens is 2. The lowest BCUT2D eigenvalue weighted by atomic mass is 9.94. The first-order chi connectivity index (χ1) is 10.7. The lowest BCUT2D eigenvalue weighted by Crippen LogP contribution is -2.39. The fourth-order valence-electron chi connectivity index (χ4n) is 2.93. The summed E-state index contributed by atoms with van der Waals surface area (Å²) in [6, 6.07) is 15.6. The van der Waals surface area contributed by atoms with Crippen molar-refractivity contribution in [2.24, 2.45) is 0 Å². The summed E-state index contributed by atoms with van der Waals surface area (Å²) in [6.45, 7) is 1.46. The molecule has 1 saturated heterocycles. The molecule has 1 fully saturated rings. The third-order valence-corrected chi connectivity index (χ3v) is 4.57. The maximum atomic E-state index is 13.5. The summed E-state index contributed by atoms with van der Waals surface area (Å²) >= 11 is 2.13. The van der Waals surface area contributed by atoms with Crippen LogP contribution in [0.1, 0.15) is 30.0 Å². The van der Waals surface area contributed by atoms with Crippen molar-refractivity contribution in [3.8, 4) is 0 Å². The van der Waals surface area contributed by atoms with E-state index >= 15 is 0 Å². The molecule has 4 heteroatoms. The van der Waals surface area contributed by atoms with Crippen LogP contribution in [0.2, 0.25) is 0 Å². The van der Waals surface area contributed by atoms with Gasteiger partial charge in [-0.25, -0.2) is 4.39 Å². The SMILES string of the molecule is Fc1cc(I)cc(COC2CCCNC2c2ccccc2)c1. The van der Waals surface area contributed by atoms with Crippen LogP contribution in [0.15, 0.2) is 48.5 Å². The molecule has 2 unspecified atom stereocenters. The summed E-state index contributed by atoms with van der Waals surface area (Å²) < 4.78 is 20.5. The lowest BCUT2D eigenvalue weighted by Gasteiger charge is -2.33. The fraction of sp³-hybridized carbons (Fsp3) is 0.333. The predicted molar refractivity (Wildman–Crippen MR) is 94.1 cm³/mol. The van der Waals surface area contributed by atoms with Crippen LogP contribution in [0.25, 0.3) is 0 Å². The van der Waals surface area contributed by atoms with Crippen molar-refractivity contribution in [2.75, 3.05) is 6.54 Å². The third-order valence-electron chi connectivity index (χ3n) is 3.95. The van der Waals surface area contributed by atoms with E-state index in [0.717, 1.165) is 28.5 Å². The Morgan fingerprint density at radius 3 is 2.77 bits per heavy atom. The van der Waals surface area contributed by atoms with Gasteiger partial charge in [0.2, 0.25) is 0 Å². The molecule has 3 rings (SSSR count). The molecule has 1 aliphatic rings. The Morgan fingerprint density at radius 1 is 1.18 bits per heavy atom. The molecule has 1 N–H and O–H groups in total. The van der Waals surface area contributed by atoms with Gasteiger partial charge >= 0.3 is 0 Å². The first kappa shape index (κ1) is 15.9. The lowest BCUT2D eigenvalue weighted by molar-refractivity contribution is -0.00367. The zero-order valence-corrected chi connectivity index (χ0v) is 14.4. The molecule has 2 atom stereocenters. The van der Waals surface area contributed by atoms with Crippen molar-refractivity contribution < 1.29 is 9.13 Å². The third kappa shape index (κ3) is 4.06. The van der Waals surface area contributed by atoms with Crippen molar-refractivity contribution in [1.29, 1.82) is 0 Å². The molecular weight excluding hydrogens is 392 g/mol. The molecule has 0 aromatic heterocycles. The summed E-state index contributed by atoms with van der Waals surface area (Å²) in [5.41, 5.74) is 2.14. The molecule has 1 aliphatic heterocycles. The van der Waals surface area contributed by atoms with Gasteiger partial charge in [0.05, 0.1) is 18.8 Å². The second-order valence-electron chi connectivity index (χ2n) is 5.61. The summed E-state index contributed by atoms with van der Waals surface area (Å²) in [4.78, 5) is 0. The molecule has 0 aliphatic carbocycles. The van der Waals surface area contributed by atoms with Crippen molar-refractivity contribution in [3.05, 3.63) is 69.0 Å². The first-order valence-electron chi connectivity index (χ1n) is 7.57. The van der Waals surface area contributed by atoms with E-state index in [2.05, 4.69) is 52.2 Å². The Kier molecular flexibility index (Phi) is 5.44. The maximum Gasteiger partial charge on any atom is 0.124 e. The molecule has 1 heterocycles. The van der Waals surface area contributed by atoms with Crippen LogP contribution in [0.4, 0.5) is 4.39 Å². The van der Waals surface area contributed by atoms with Crippen LogP contribution in [0, 0.1) is 9.39 Å². The molecule has 0 bridgehead atoms. The van der Waals surface area contributed by atoms with Gasteiger partial charge in [0.1, 0.15) is 5.82 Å². The van der Waals surface area contributed by atoms with E-state index in [4.69, 9.17) is 4.74 Å². The number of hydrogen-bond acceptors (Lipinski definition) is 2. The van der Waals surface area contributed by atoms with Crippen LogP contribution >= 0.6 is 22.6 Å². The number of ether oxygens (including phenoxy) is 1. The number of hydrogen-bond donors (Lipinski definition) is 1. The summed E-state index contributed by atoms with van der Waals surface area (Å²) in [5, 5.41) is 3.54. The average molecular weight is 411 g/mol. The van der Waals surface area contributed by atoms with Crippen molar-refractivity contribution in [1.82, 2.24) is 5.32 Å². The number of nitrogens with one attached hydrogen (secondary N) is 1. The van der Waals surface area contributed by atoms with Crippen LogP contribution in [0.5, 0.6) is 0 Å². The fourth-order valence-corrected chi connectivity index (χ4v) is 3.63. The van der Waals surface area contributed by atoms with E-state index in [9.17, 15) is 4.39 Å². The highest BCUT2D eigenvalue weighted by Gasteiger charge is 2.26. The summed E-state index contributed by atoms with van der Waals surface area (Å²) in [7, 11) is 0. The van der Waals surface area contributed by atoms with Crippen LogP contribution < -0.4 is 5.32 Å². The topological polar surface area (TPSA) is 21.3 Å². The highest BCUT2D eigenvalue weighted by Crippen LogP contribution is 2.27. The van der Waals surface area contributed by atoms with Crippen LogP contribution in [0.3, 0.4) is 0 Å². The quantitative estimate of drug-likeness (QED) is 0.752. The second-order valence-corrected chi connectivity index (χ2v) is 6.86.